The van der Waals surface area contributed by atoms with Gasteiger partial charge in [-0.15, -0.1) is 0 Å². The van der Waals surface area contributed by atoms with Gasteiger partial charge in [0, 0.05) is 8.95 Å². The van der Waals surface area contributed by atoms with E-state index in [-0.39, 0.29) is 13.2 Å². The van der Waals surface area contributed by atoms with Gasteiger partial charge in [0.1, 0.15) is 11.5 Å². The highest BCUT2D eigenvalue weighted by Crippen LogP contribution is 2.32. The molecule has 0 aromatic heterocycles. The second kappa shape index (κ2) is 10.3. The minimum atomic E-state index is -0.539. The van der Waals surface area contributed by atoms with Crippen LogP contribution in [0.2, 0.25) is 5.02 Å². The van der Waals surface area contributed by atoms with E-state index in [1.807, 2.05) is 19.1 Å². The van der Waals surface area contributed by atoms with Gasteiger partial charge in [-0.05, 0) is 58.7 Å². The molecular weight excluding hydrogens is 571 g/mol. The molecule has 0 unspecified atom stereocenters. The number of amides is 2. The molecule has 144 valence electrons. The quantitative estimate of drug-likeness (QED) is 0.489. The summed E-state index contributed by atoms with van der Waals surface area (Å²) < 4.78 is 13.2. The normalized spacial score (nSPS) is 10.3. The van der Waals surface area contributed by atoms with Gasteiger partial charge in [0.2, 0.25) is 0 Å². The van der Waals surface area contributed by atoms with E-state index in [4.69, 9.17) is 21.1 Å². The van der Waals surface area contributed by atoms with Crippen LogP contribution in [0.5, 0.6) is 11.5 Å². The number of hydrogen-bond acceptors (Lipinski definition) is 4. The number of hydrogen-bond donors (Lipinski definition) is 2. The Labute approximate surface area is 186 Å². The summed E-state index contributed by atoms with van der Waals surface area (Å²) in [5.41, 5.74) is 5.35. The van der Waals surface area contributed by atoms with Crippen LogP contribution in [-0.2, 0) is 9.59 Å². The number of hydrazine groups is 1. The van der Waals surface area contributed by atoms with Crippen molar-refractivity contribution in [1.82, 2.24) is 10.9 Å². The molecule has 0 saturated carbocycles. The molecule has 2 N–H and O–H groups in total. The van der Waals surface area contributed by atoms with Gasteiger partial charge >= 0.3 is 0 Å². The molecule has 0 saturated heterocycles. The van der Waals surface area contributed by atoms with Crippen LogP contribution in [-0.4, -0.2) is 25.0 Å². The molecule has 2 aromatic rings. The van der Waals surface area contributed by atoms with Gasteiger partial charge in [-0.1, -0.05) is 43.5 Å². The Balaban J connectivity index is 1.76. The van der Waals surface area contributed by atoms with Crippen molar-refractivity contribution in [3.8, 4) is 11.5 Å². The summed E-state index contributed by atoms with van der Waals surface area (Å²) in [5, 5.41) is 0.366. The third kappa shape index (κ3) is 6.99. The Bertz CT molecular complexity index is 841. The zero-order valence-corrected chi connectivity index (χ0v) is 19.5. The number of nitrogens with one attached hydrogen (secondary N) is 2. The van der Waals surface area contributed by atoms with Crippen molar-refractivity contribution in [2.75, 3.05) is 13.2 Å². The Hall–Kier alpha value is -1.29. The molecule has 2 amide bonds. The van der Waals surface area contributed by atoms with Gasteiger partial charge in [-0.25, -0.2) is 0 Å². The van der Waals surface area contributed by atoms with Crippen molar-refractivity contribution in [3.05, 3.63) is 54.3 Å². The van der Waals surface area contributed by atoms with Crippen LogP contribution in [0.25, 0.3) is 0 Å². The Morgan fingerprint density at radius 2 is 1.59 bits per heavy atom. The fraction of sp³-hybridized carbons (Fsp3) is 0.176. The smallest absolute Gasteiger partial charge is 0.276 e. The summed E-state index contributed by atoms with van der Waals surface area (Å²) >= 11 is 16.0. The van der Waals surface area contributed by atoms with E-state index in [2.05, 4.69) is 58.6 Å². The molecule has 0 heterocycles. The fourth-order valence-electron chi connectivity index (χ4n) is 1.96. The third-order valence-corrected chi connectivity index (χ3v) is 4.97. The van der Waals surface area contributed by atoms with Crippen molar-refractivity contribution in [3.63, 3.8) is 0 Å². The van der Waals surface area contributed by atoms with Crippen molar-refractivity contribution in [2.45, 2.75) is 6.92 Å². The van der Waals surface area contributed by atoms with Crippen LogP contribution < -0.4 is 20.3 Å². The maximum Gasteiger partial charge on any atom is 0.276 e. The number of carbonyl (C=O) groups is 2. The van der Waals surface area contributed by atoms with Crippen molar-refractivity contribution < 1.29 is 19.1 Å². The minimum absolute atomic E-state index is 0.263. The second-order valence-electron chi connectivity index (χ2n) is 5.28. The first-order valence-electron chi connectivity index (χ1n) is 7.50. The van der Waals surface area contributed by atoms with Gasteiger partial charge in [-0.3, -0.25) is 20.4 Å². The van der Waals surface area contributed by atoms with Crippen LogP contribution in [0.4, 0.5) is 0 Å². The van der Waals surface area contributed by atoms with E-state index >= 15 is 0 Å². The number of halogens is 4. The maximum absolute atomic E-state index is 11.8. The molecule has 0 atom stereocenters. The van der Waals surface area contributed by atoms with Gasteiger partial charge in [0.25, 0.3) is 11.8 Å². The SMILES string of the molecule is Cc1cc(Br)cc(Br)c1OCC(=O)NNC(=O)COc1ccc(Br)cc1Cl. The molecule has 10 heteroatoms. The Morgan fingerprint density at radius 3 is 2.19 bits per heavy atom. The summed E-state index contributed by atoms with van der Waals surface area (Å²) in [6.07, 6.45) is 0. The summed E-state index contributed by atoms with van der Waals surface area (Å²) in [4.78, 5) is 23.6. The number of ether oxygens (including phenoxy) is 2. The molecular formula is C17H14Br3ClN2O4. The van der Waals surface area contributed by atoms with Crippen LogP contribution in [0.15, 0.2) is 43.7 Å². The molecule has 2 rings (SSSR count). The summed E-state index contributed by atoms with van der Waals surface area (Å²) in [5.74, 6) is -0.143. The second-order valence-corrected chi connectivity index (χ2v) is 8.37. The monoisotopic (exact) mass is 582 g/mol. The van der Waals surface area contributed by atoms with E-state index in [1.165, 1.54) is 0 Å². The van der Waals surface area contributed by atoms with Gasteiger partial charge < -0.3 is 9.47 Å². The maximum atomic E-state index is 11.8. The van der Waals surface area contributed by atoms with Crippen LogP contribution in [0.3, 0.4) is 0 Å². The average molecular weight is 585 g/mol. The first-order chi connectivity index (χ1) is 12.8. The van der Waals surface area contributed by atoms with Crippen LogP contribution in [0.1, 0.15) is 5.56 Å². The zero-order valence-electron chi connectivity index (χ0n) is 13.9. The molecule has 0 spiro atoms. The van der Waals surface area contributed by atoms with Crippen molar-refractivity contribution in [2.24, 2.45) is 0 Å². The lowest BCUT2D eigenvalue weighted by molar-refractivity contribution is -0.131. The molecule has 0 fully saturated rings. The molecule has 0 aliphatic carbocycles. The highest BCUT2D eigenvalue weighted by molar-refractivity contribution is 9.11. The minimum Gasteiger partial charge on any atom is -0.482 e. The average Bonchev–Trinajstić information content (AvgIpc) is 2.58. The number of rotatable bonds is 6. The predicted octanol–water partition coefficient (Wildman–Crippen LogP) is 4.54. The van der Waals surface area contributed by atoms with E-state index in [9.17, 15) is 9.59 Å². The molecule has 0 aliphatic rings. The standard InChI is InChI=1S/C17H14Br3ClN2O4/c1-9-4-11(19)5-12(20)17(9)27-8-16(25)23-22-15(24)7-26-14-3-2-10(18)6-13(14)21/h2-6H,7-8H2,1H3,(H,22,24)(H,23,25). The van der Waals surface area contributed by atoms with Crippen LogP contribution >= 0.6 is 59.4 Å². The first kappa shape index (κ1) is 22.0. The van der Waals surface area contributed by atoms with E-state index in [1.54, 1.807) is 18.2 Å². The van der Waals surface area contributed by atoms with Gasteiger partial charge in [0.05, 0.1) is 9.50 Å². The summed E-state index contributed by atoms with van der Waals surface area (Å²) in [7, 11) is 0. The van der Waals surface area contributed by atoms with Gasteiger partial charge in [0.15, 0.2) is 13.2 Å². The molecule has 0 bridgehead atoms. The molecule has 0 radical (unpaired) electrons. The topological polar surface area (TPSA) is 76.7 Å². The van der Waals surface area contributed by atoms with Crippen LogP contribution in [0, 0.1) is 6.92 Å². The van der Waals surface area contributed by atoms with E-state index in [0.717, 1.165) is 14.5 Å². The van der Waals surface area contributed by atoms with Gasteiger partial charge in [-0.2, -0.15) is 0 Å². The Morgan fingerprint density at radius 1 is 0.963 bits per heavy atom. The van der Waals surface area contributed by atoms with Crippen molar-refractivity contribution in [1.29, 1.82) is 0 Å². The number of benzene rings is 2. The largest absolute Gasteiger partial charge is 0.482 e. The third-order valence-electron chi connectivity index (χ3n) is 3.14. The number of aryl methyl sites for hydroxylation is 1. The number of carbonyl (C=O) groups excluding carboxylic acids is 2. The van der Waals surface area contributed by atoms with E-state index < -0.39 is 11.8 Å². The zero-order chi connectivity index (χ0) is 20.0. The van der Waals surface area contributed by atoms with E-state index in [0.29, 0.717) is 21.0 Å². The predicted molar refractivity (Wildman–Crippen MR) is 113 cm³/mol. The lowest BCUT2D eigenvalue weighted by Crippen LogP contribution is -2.45. The Kier molecular flexibility index (Phi) is 8.40. The summed E-state index contributed by atoms with van der Waals surface area (Å²) in [6.45, 7) is 1.29. The highest BCUT2D eigenvalue weighted by Gasteiger charge is 2.11. The van der Waals surface area contributed by atoms with Crippen molar-refractivity contribution >= 4 is 71.2 Å². The molecule has 2 aromatic carbocycles. The lowest BCUT2D eigenvalue weighted by Gasteiger charge is -2.13. The molecule has 0 aliphatic heterocycles. The first-order valence-corrected chi connectivity index (χ1v) is 10.3. The highest BCUT2D eigenvalue weighted by atomic mass is 79.9. The molecule has 6 nitrogen and oxygen atoms in total. The fourth-order valence-corrected chi connectivity index (χ4v) is 4.24. The summed E-state index contributed by atoms with van der Waals surface area (Å²) in [6, 6.07) is 8.69. The lowest BCUT2D eigenvalue weighted by atomic mass is 10.2. The molecule has 27 heavy (non-hydrogen) atoms.